The fraction of sp³-hybridized carbons (Fsp3) is 0.348. The Morgan fingerprint density at radius 3 is 2.30 bits per heavy atom. The van der Waals surface area contributed by atoms with Crippen LogP contribution in [0, 0.1) is 0 Å². The average Bonchev–Trinajstić information content (AvgIpc) is 2.68. The number of unbranched alkanes of at least 4 members (excludes halogenated alkanes) is 2. The monoisotopic (exact) mass is 367 g/mol. The molecular formula is C23H29NO3. The zero-order chi connectivity index (χ0) is 19.5. The van der Waals surface area contributed by atoms with Gasteiger partial charge in [0.05, 0.1) is 13.2 Å². The summed E-state index contributed by atoms with van der Waals surface area (Å²) in [4.78, 5) is 12.3. The molecule has 0 heterocycles. The van der Waals surface area contributed by atoms with Crippen molar-refractivity contribution in [2.75, 3.05) is 18.9 Å². The van der Waals surface area contributed by atoms with Gasteiger partial charge in [-0.2, -0.15) is 0 Å². The zero-order valence-corrected chi connectivity index (χ0v) is 16.2. The van der Waals surface area contributed by atoms with Gasteiger partial charge in [-0.1, -0.05) is 26.7 Å². The van der Waals surface area contributed by atoms with Crippen LogP contribution in [0.3, 0.4) is 0 Å². The van der Waals surface area contributed by atoms with Gasteiger partial charge < -0.3 is 15.2 Å². The molecular weight excluding hydrogens is 338 g/mol. The Hall–Kier alpha value is -2.75. The van der Waals surface area contributed by atoms with Gasteiger partial charge in [0.1, 0.15) is 11.5 Å². The number of nitrogen functional groups attached to an aromatic ring is 1. The van der Waals surface area contributed by atoms with Gasteiger partial charge in [-0.05, 0) is 61.4 Å². The van der Waals surface area contributed by atoms with Crippen molar-refractivity contribution < 1.29 is 14.3 Å². The van der Waals surface area contributed by atoms with Gasteiger partial charge in [0.15, 0.2) is 5.78 Å². The minimum absolute atomic E-state index is 0.0715. The molecule has 0 bridgehead atoms. The second kappa shape index (κ2) is 11.1. The molecule has 0 saturated carbocycles. The van der Waals surface area contributed by atoms with Crippen LogP contribution in [-0.2, 0) is 0 Å². The van der Waals surface area contributed by atoms with Crippen LogP contribution in [0.1, 0.15) is 55.5 Å². The number of carbonyl (C=O) groups is 1. The summed E-state index contributed by atoms with van der Waals surface area (Å²) >= 11 is 0. The third-order valence-corrected chi connectivity index (χ3v) is 4.12. The van der Waals surface area contributed by atoms with E-state index < -0.39 is 0 Å². The number of allylic oxidation sites excluding steroid dienone is 1. The molecule has 0 unspecified atom stereocenters. The van der Waals surface area contributed by atoms with Gasteiger partial charge in [-0.15, -0.1) is 0 Å². The van der Waals surface area contributed by atoms with E-state index in [2.05, 4.69) is 13.8 Å². The number of rotatable bonds is 11. The second-order valence-corrected chi connectivity index (χ2v) is 6.42. The lowest BCUT2D eigenvalue weighted by atomic mass is 10.1. The number of nitrogens with two attached hydrogens (primary N) is 1. The van der Waals surface area contributed by atoms with Crippen LogP contribution in [0.5, 0.6) is 11.5 Å². The topological polar surface area (TPSA) is 61.5 Å². The maximum absolute atomic E-state index is 12.3. The SMILES string of the molecule is CCCCOc1ccc(C=CC(=O)c2ccc(N)cc2)c(OCCCC)c1. The highest BCUT2D eigenvalue weighted by Gasteiger charge is 2.06. The molecule has 0 aliphatic carbocycles. The molecule has 0 radical (unpaired) electrons. The van der Waals surface area contributed by atoms with E-state index in [-0.39, 0.29) is 5.78 Å². The molecule has 0 saturated heterocycles. The summed E-state index contributed by atoms with van der Waals surface area (Å²) in [7, 11) is 0. The van der Waals surface area contributed by atoms with Crippen molar-refractivity contribution in [3.63, 3.8) is 0 Å². The lowest BCUT2D eigenvalue weighted by molar-refractivity contribution is 0.104. The quantitative estimate of drug-likeness (QED) is 0.246. The van der Waals surface area contributed by atoms with Crippen LogP contribution >= 0.6 is 0 Å². The summed E-state index contributed by atoms with van der Waals surface area (Å²) in [5.41, 5.74) is 7.77. The Morgan fingerprint density at radius 1 is 0.963 bits per heavy atom. The Bertz CT molecular complexity index is 751. The van der Waals surface area contributed by atoms with E-state index in [1.165, 1.54) is 0 Å². The largest absolute Gasteiger partial charge is 0.493 e. The lowest BCUT2D eigenvalue weighted by Gasteiger charge is -2.12. The molecule has 144 valence electrons. The van der Waals surface area contributed by atoms with E-state index in [9.17, 15) is 4.79 Å². The second-order valence-electron chi connectivity index (χ2n) is 6.42. The van der Waals surface area contributed by atoms with Crippen LogP contribution in [-0.4, -0.2) is 19.0 Å². The van der Waals surface area contributed by atoms with E-state index in [0.717, 1.165) is 42.7 Å². The molecule has 0 amide bonds. The van der Waals surface area contributed by atoms with Gasteiger partial charge in [0, 0.05) is 22.9 Å². The number of hydrogen-bond acceptors (Lipinski definition) is 4. The average molecular weight is 367 g/mol. The molecule has 0 atom stereocenters. The Kier molecular flexibility index (Phi) is 8.43. The van der Waals surface area contributed by atoms with Gasteiger partial charge >= 0.3 is 0 Å². The molecule has 27 heavy (non-hydrogen) atoms. The fourth-order valence-corrected chi connectivity index (χ4v) is 2.44. The van der Waals surface area contributed by atoms with E-state index in [0.29, 0.717) is 24.5 Å². The number of ketones is 1. The van der Waals surface area contributed by atoms with Crippen molar-refractivity contribution in [1.29, 1.82) is 0 Å². The first-order valence-electron chi connectivity index (χ1n) is 9.61. The third-order valence-electron chi connectivity index (χ3n) is 4.12. The van der Waals surface area contributed by atoms with Gasteiger partial charge in [-0.25, -0.2) is 0 Å². The van der Waals surface area contributed by atoms with Crippen LogP contribution in [0.2, 0.25) is 0 Å². The van der Waals surface area contributed by atoms with Crippen molar-refractivity contribution in [1.82, 2.24) is 0 Å². The highest BCUT2D eigenvalue weighted by molar-refractivity contribution is 6.07. The summed E-state index contributed by atoms with van der Waals surface area (Å²) in [5.74, 6) is 1.45. The van der Waals surface area contributed by atoms with Crippen molar-refractivity contribution in [2.24, 2.45) is 0 Å². The molecule has 2 aromatic carbocycles. The predicted octanol–water partition coefficient (Wildman–Crippen LogP) is 5.52. The normalized spacial score (nSPS) is 10.9. The number of ether oxygens (including phenoxy) is 2. The lowest BCUT2D eigenvalue weighted by Crippen LogP contribution is -2.01. The molecule has 0 fully saturated rings. The van der Waals surface area contributed by atoms with E-state index in [1.54, 1.807) is 36.4 Å². The highest BCUT2D eigenvalue weighted by atomic mass is 16.5. The maximum atomic E-state index is 12.3. The van der Waals surface area contributed by atoms with E-state index in [4.69, 9.17) is 15.2 Å². The van der Waals surface area contributed by atoms with Crippen LogP contribution in [0.25, 0.3) is 6.08 Å². The summed E-state index contributed by atoms with van der Waals surface area (Å²) in [5, 5.41) is 0. The van der Waals surface area contributed by atoms with E-state index >= 15 is 0 Å². The van der Waals surface area contributed by atoms with Crippen molar-refractivity contribution in [3.05, 3.63) is 59.7 Å². The standard InChI is InChI=1S/C23H29NO3/c1-3-5-15-26-21-13-9-19(23(17-21)27-16-6-4-2)10-14-22(25)18-7-11-20(24)12-8-18/h7-14,17H,3-6,15-16,24H2,1-2H3. The molecule has 0 spiro atoms. The van der Waals surface area contributed by atoms with Crippen molar-refractivity contribution in [3.8, 4) is 11.5 Å². The van der Waals surface area contributed by atoms with Crippen LogP contribution in [0.4, 0.5) is 5.69 Å². The van der Waals surface area contributed by atoms with Crippen molar-refractivity contribution in [2.45, 2.75) is 39.5 Å². The number of carbonyl (C=O) groups excluding carboxylic acids is 1. The molecule has 4 nitrogen and oxygen atoms in total. The van der Waals surface area contributed by atoms with Gasteiger partial charge in [0.25, 0.3) is 0 Å². The van der Waals surface area contributed by atoms with Crippen LogP contribution < -0.4 is 15.2 Å². The number of benzene rings is 2. The third kappa shape index (κ3) is 6.81. The fourth-order valence-electron chi connectivity index (χ4n) is 2.44. The molecule has 4 heteroatoms. The molecule has 0 aliphatic heterocycles. The minimum Gasteiger partial charge on any atom is -0.493 e. The molecule has 0 aliphatic rings. The van der Waals surface area contributed by atoms with Crippen LogP contribution in [0.15, 0.2) is 48.5 Å². The Labute approximate surface area is 162 Å². The molecule has 0 aromatic heterocycles. The Balaban J connectivity index is 2.14. The summed E-state index contributed by atoms with van der Waals surface area (Å²) < 4.78 is 11.7. The Morgan fingerprint density at radius 2 is 1.63 bits per heavy atom. The first-order valence-corrected chi connectivity index (χ1v) is 9.61. The molecule has 2 aromatic rings. The number of anilines is 1. The summed E-state index contributed by atoms with van der Waals surface area (Å²) in [6.45, 7) is 5.59. The first-order chi connectivity index (χ1) is 13.1. The van der Waals surface area contributed by atoms with Gasteiger partial charge in [0.2, 0.25) is 0 Å². The summed E-state index contributed by atoms with van der Waals surface area (Å²) in [6.07, 6.45) is 7.50. The zero-order valence-electron chi connectivity index (χ0n) is 16.2. The van der Waals surface area contributed by atoms with Gasteiger partial charge in [-0.3, -0.25) is 4.79 Å². The first kappa shape index (κ1) is 20.6. The smallest absolute Gasteiger partial charge is 0.185 e. The predicted molar refractivity (Wildman–Crippen MR) is 111 cm³/mol. The number of hydrogen-bond donors (Lipinski definition) is 1. The molecule has 2 rings (SSSR count). The maximum Gasteiger partial charge on any atom is 0.185 e. The van der Waals surface area contributed by atoms with Crippen molar-refractivity contribution >= 4 is 17.5 Å². The van der Waals surface area contributed by atoms with E-state index in [1.807, 2.05) is 18.2 Å². The minimum atomic E-state index is -0.0715. The summed E-state index contributed by atoms with van der Waals surface area (Å²) in [6, 6.07) is 12.6. The molecule has 2 N–H and O–H groups in total. The highest BCUT2D eigenvalue weighted by Crippen LogP contribution is 2.27.